The molecule has 0 saturated carbocycles. The summed E-state index contributed by atoms with van der Waals surface area (Å²) in [5.74, 6) is -0.335. The number of carbonyl (C=O) groups excluding carboxylic acids is 1. The van der Waals surface area contributed by atoms with Crippen molar-refractivity contribution in [3.8, 4) is 0 Å². The highest BCUT2D eigenvalue weighted by Gasteiger charge is 2.18. The van der Waals surface area contributed by atoms with E-state index in [1.165, 1.54) is 43.0 Å². The molecule has 1 aromatic heterocycles. The highest BCUT2D eigenvalue weighted by atomic mass is 32.2. The van der Waals surface area contributed by atoms with Crippen molar-refractivity contribution in [1.82, 2.24) is 19.4 Å². The third kappa shape index (κ3) is 4.09. The van der Waals surface area contributed by atoms with Gasteiger partial charge in [-0.3, -0.25) is 9.59 Å². The quantitative estimate of drug-likeness (QED) is 0.770. The van der Waals surface area contributed by atoms with Crippen LogP contribution in [0.2, 0.25) is 0 Å². The van der Waals surface area contributed by atoms with Crippen molar-refractivity contribution in [2.75, 3.05) is 20.6 Å². The van der Waals surface area contributed by atoms with Gasteiger partial charge in [0.15, 0.2) is 0 Å². The molecule has 0 radical (unpaired) electrons. The highest BCUT2D eigenvalue weighted by molar-refractivity contribution is 7.89. The Morgan fingerprint density at radius 3 is 2.59 bits per heavy atom. The van der Waals surface area contributed by atoms with Gasteiger partial charge in [-0.05, 0) is 49.1 Å². The van der Waals surface area contributed by atoms with E-state index in [4.69, 9.17) is 0 Å². The maximum Gasteiger partial charge on any atom is 0.267 e. The Kier molecular flexibility index (Phi) is 5.43. The van der Waals surface area contributed by atoms with Crippen molar-refractivity contribution in [3.63, 3.8) is 0 Å². The summed E-state index contributed by atoms with van der Waals surface area (Å²) in [6.45, 7) is 0.535. The number of carbonyl (C=O) groups is 1. The van der Waals surface area contributed by atoms with E-state index in [1.807, 2.05) is 0 Å². The molecule has 1 aliphatic carbocycles. The second-order valence-corrected chi connectivity index (χ2v) is 8.75. The van der Waals surface area contributed by atoms with Gasteiger partial charge >= 0.3 is 0 Å². The van der Waals surface area contributed by atoms with Crippen LogP contribution >= 0.6 is 0 Å². The zero-order valence-corrected chi connectivity index (χ0v) is 16.1. The Morgan fingerprint density at radius 1 is 1.22 bits per heavy atom. The van der Waals surface area contributed by atoms with Gasteiger partial charge in [-0.15, -0.1) is 0 Å². The molecular formula is C18H22N4O4S. The van der Waals surface area contributed by atoms with E-state index in [0.29, 0.717) is 5.56 Å². The molecule has 1 aliphatic rings. The molecule has 2 aromatic rings. The molecule has 1 N–H and O–H groups in total. The smallest absolute Gasteiger partial charge is 0.267 e. The van der Waals surface area contributed by atoms with Crippen LogP contribution in [-0.4, -0.2) is 49.1 Å². The molecule has 0 spiro atoms. The average molecular weight is 390 g/mol. The standard InChI is InChI=1S/C18H22N4O4S/c1-21(2)27(25,26)15-8-6-13(7-9-15)18(24)19-10-11-22-17(23)12-14-4-3-5-16(14)20-22/h6-9,12H,3-5,10-11H2,1-2H3,(H,19,24). The second-order valence-electron chi connectivity index (χ2n) is 6.60. The van der Waals surface area contributed by atoms with Crippen LogP contribution in [0.4, 0.5) is 0 Å². The number of hydrogen-bond donors (Lipinski definition) is 1. The highest BCUT2D eigenvalue weighted by Crippen LogP contribution is 2.17. The Balaban J connectivity index is 1.61. The number of nitrogens with one attached hydrogen (secondary N) is 1. The molecule has 144 valence electrons. The van der Waals surface area contributed by atoms with Gasteiger partial charge in [0.1, 0.15) is 0 Å². The predicted octanol–water partition coefficient (Wildman–Crippen LogP) is 0.412. The van der Waals surface area contributed by atoms with Gasteiger partial charge in [-0.25, -0.2) is 17.4 Å². The van der Waals surface area contributed by atoms with Gasteiger partial charge in [-0.2, -0.15) is 5.10 Å². The Morgan fingerprint density at radius 2 is 1.93 bits per heavy atom. The van der Waals surface area contributed by atoms with Crippen LogP contribution in [-0.2, 0) is 29.4 Å². The minimum Gasteiger partial charge on any atom is -0.350 e. The summed E-state index contributed by atoms with van der Waals surface area (Å²) in [4.78, 5) is 24.4. The lowest BCUT2D eigenvalue weighted by Crippen LogP contribution is -2.32. The topological polar surface area (TPSA) is 101 Å². The lowest BCUT2D eigenvalue weighted by Gasteiger charge is -2.12. The van der Waals surface area contributed by atoms with Gasteiger partial charge in [-0.1, -0.05) is 0 Å². The van der Waals surface area contributed by atoms with Crippen LogP contribution in [0.3, 0.4) is 0 Å². The number of hydrogen-bond acceptors (Lipinski definition) is 5. The van der Waals surface area contributed by atoms with E-state index in [9.17, 15) is 18.0 Å². The van der Waals surface area contributed by atoms with Crippen molar-refractivity contribution in [3.05, 3.63) is 57.5 Å². The number of rotatable bonds is 6. The van der Waals surface area contributed by atoms with Crippen molar-refractivity contribution in [2.45, 2.75) is 30.7 Å². The van der Waals surface area contributed by atoms with Crippen LogP contribution in [0.25, 0.3) is 0 Å². The third-order valence-corrected chi connectivity index (χ3v) is 6.36. The van der Waals surface area contributed by atoms with Crippen LogP contribution in [0.5, 0.6) is 0 Å². The first-order valence-electron chi connectivity index (χ1n) is 8.70. The fourth-order valence-electron chi connectivity index (χ4n) is 2.97. The van der Waals surface area contributed by atoms with Gasteiger partial charge < -0.3 is 5.32 Å². The molecule has 0 unspecified atom stereocenters. The normalized spacial score (nSPS) is 13.6. The van der Waals surface area contributed by atoms with Crippen LogP contribution in [0, 0.1) is 0 Å². The number of aromatic nitrogens is 2. The summed E-state index contributed by atoms with van der Waals surface area (Å²) in [5, 5.41) is 7.08. The van der Waals surface area contributed by atoms with Crippen LogP contribution < -0.4 is 10.9 Å². The largest absolute Gasteiger partial charge is 0.350 e. The third-order valence-electron chi connectivity index (χ3n) is 4.53. The maximum atomic E-state index is 12.2. The van der Waals surface area contributed by atoms with E-state index in [1.54, 1.807) is 6.07 Å². The molecule has 0 bridgehead atoms. The first kappa shape index (κ1) is 19.2. The number of amides is 1. The van der Waals surface area contributed by atoms with Crippen molar-refractivity contribution in [1.29, 1.82) is 0 Å². The number of nitrogens with zero attached hydrogens (tertiary/aromatic N) is 3. The SMILES string of the molecule is CN(C)S(=O)(=O)c1ccc(C(=O)NCCn2nc3c(cc2=O)CCC3)cc1. The van der Waals surface area contributed by atoms with E-state index < -0.39 is 10.0 Å². The molecule has 0 aliphatic heterocycles. The summed E-state index contributed by atoms with van der Waals surface area (Å²) < 4.78 is 26.6. The Bertz CT molecular complexity index is 1010. The lowest BCUT2D eigenvalue weighted by atomic mass is 10.2. The van der Waals surface area contributed by atoms with Crippen molar-refractivity contribution in [2.24, 2.45) is 0 Å². The van der Waals surface area contributed by atoms with E-state index in [-0.39, 0.29) is 29.5 Å². The van der Waals surface area contributed by atoms with Crippen molar-refractivity contribution < 1.29 is 13.2 Å². The molecule has 27 heavy (non-hydrogen) atoms. The Hall–Kier alpha value is -2.52. The molecule has 1 heterocycles. The predicted molar refractivity (Wildman–Crippen MR) is 100 cm³/mol. The van der Waals surface area contributed by atoms with Crippen LogP contribution in [0.1, 0.15) is 28.0 Å². The molecule has 9 heteroatoms. The summed E-state index contributed by atoms with van der Waals surface area (Å²) in [6, 6.07) is 7.35. The monoisotopic (exact) mass is 390 g/mol. The number of sulfonamides is 1. The number of fused-ring (bicyclic) bond motifs is 1. The minimum absolute atomic E-state index is 0.123. The molecule has 1 aromatic carbocycles. The zero-order valence-electron chi connectivity index (χ0n) is 15.3. The summed E-state index contributed by atoms with van der Waals surface area (Å²) >= 11 is 0. The summed E-state index contributed by atoms with van der Waals surface area (Å²) in [7, 11) is -0.628. The molecule has 0 fully saturated rings. The molecule has 0 saturated heterocycles. The molecule has 1 amide bonds. The van der Waals surface area contributed by atoms with Gasteiger partial charge in [0, 0.05) is 32.3 Å². The first-order valence-corrected chi connectivity index (χ1v) is 10.1. The number of aryl methyl sites for hydroxylation is 2. The van der Waals surface area contributed by atoms with E-state index >= 15 is 0 Å². The van der Waals surface area contributed by atoms with Gasteiger partial charge in [0.2, 0.25) is 10.0 Å². The van der Waals surface area contributed by atoms with E-state index in [2.05, 4.69) is 10.4 Å². The summed E-state index contributed by atoms with van der Waals surface area (Å²) in [5.41, 5.74) is 2.16. The van der Waals surface area contributed by atoms with E-state index in [0.717, 1.165) is 34.8 Å². The van der Waals surface area contributed by atoms with Gasteiger partial charge in [0.05, 0.1) is 17.1 Å². The fourth-order valence-corrected chi connectivity index (χ4v) is 3.87. The average Bonchev–Trinajstić information content (AvgIpc) is 3.08. The molecule has 8 nitrogen and oxygen atoms in total. The lowest BCUT2D eigenvalue weighted by molar-refractivity contribution is 0.0951. The van der Waals surface area contributed by atoms with Crippen LogP contribution in [0.15, 0.2) is 40.0 Å². The fraction of sp³-hybridized carbons (Fsp3) is 0.389. The maximum absolute atomic E-state index is 12.2. The van der Waals surface area contributed by atoms with Crippen molar-refractivity contribution >= 4 is 15.9 Å². The van der Waals surface area contributed by atoms with Gasteiger partial charge in [0.25, 0.3) is 11.5 Å². The second kappa shape index (κ2) is 7.61. The first-order chi connectivity index (χ1) is 12.8. The molecule has 0 atom stereocenters. The number of benzene rings is 1. The molecular weight excluding hydrogens is 368 g/mol. The minimum atomic E-state index is -3.53. The molecule has 3 rings (SSSR count). The summed E-state index contributed by atoms with van der Waals surface area (Å²) in [6.07, 6.45) is 2.79. The zero-order chi connectivity index (χ0) is 19.6. The Labute approximate surface area is 157 Å².